The second-order valence-electron chi connectivity index (χ2n) is 8.26. The normalized spacial score (nSPS) is 11.8. The molecule has 0 spiro atoms. The van der Waals surface area contributed by atoms with Crippen molar-refractivity contribution in [3.63, 3.8) is 0 Å². The van der Waals surface area contributed by atoms with Gasteiger partial charge in [0.05, 0.1) is 22.3 Å². The fourth-order valence-electron chi connectivity index (χ4n) is 3.61. The zero-order valence-electron chi connectivity index (χ0n) is 19.9. The molecule has 2 aromatic carbocycles. The van der Waals surface area contributed by atoms with E-state index < -0.39 is 57.8 Å². The minimum absolute atomic E-state index is 0.0195. The topological polar surface area (TPSA) is 127 Å². The van der Waals surface area contributed by atoms with Crippen molar-refractivity contribution < 1.29 is 40.7 Å². The Morgan fingerprint density at radius 2 is 1.65 bits per heavy atom. The SMILES string of the molecule is O=C(NCc1ccn(-c2cc3c(cc2C(F)(F)F)[nH]c(=O)c(=O)n3NC(=O)C(F)(F)F)c1)OCc1ccccc1. The van der Waals surface area contributed by atoms with Gasteiger partial charge in [0.2, 0.25) is 0 Å². The van der Waals surface area contributed by atoms with Crippen molar-refractivity contribution >= 4 is 23.0 Å². The number of ether oxygens (including phenoxy) is 1. The van der Waals surface area contributed by atoms with Crippen molar-refractivity contribution in [1.29, 1.82) is 0 Å². The first-order chi connectivity index (χ1) is 18.7. The third-order valence-electron chi connectivity index (χ3n) is 5.46. The number of halogens is 6. The summed E-state index contributed by atoms with van der Waals surface area (Å²) >= 11 is 0. The molecule has 0 fully saturated rings. The number of aromatic nitrogens is 3. The maximum Gasteiger partial charge on any atom is 0.472 e. The van der Waals surface area contributed by atoms with Gasteiger partial charge in [-0.05, 0) is 29.3 Å². The van der Waals surface area contributed by atoms with Crippen LogP contribution in [0.15, 0.2) is 70.5 Å². The summed E-state index contributed by atoms with van der Waals surface area (Å²) in [6.45, 7) is -0.177. The number of benzene rings is 2. The summed E-state index contributed by atoms with van der Waals surface area (Å²) in [7, 11) is 0. The summed E-state index contributed by atoms with van der Waals surface area (Å²) in [6.07, 6.45) is -8.91. The first-order valence-electron chi connectivity index (χ1n) is 11.1. The van der Waals surface area contributed by atoms with Gasteiger partial charge in [-0.25, -0.2) is 9.47 Å². The van der Waals surface area contributed by atoms with Crippen LogP contribution in [0, 0.1) is 0 Å². The number of amides is 2. The molecular weight excluding hydrogens is 552 g/mol. The third-order valence-corrected chi connectivity index (χ3v) is 5.46. The molecular formula is C24H17F6N5O5. The van der Waals surface area contributed by atoms with Crippen LogP contribution >= 0.6 is 0 Å². The Hall–Kier alpha value is -5.02. The lowest BCUT2D eigenvalue weighted by molar-refractivity contribution is -0.168. The smallest absolute Gasteiger partial charge is 0.445 e. The second-order valence-corrected chi connectivity index (χ2v) is 8.26. The van der Waals surface area contributed by atoms with Gasteiger partial charge < -0.3 is 19.6 Å². The highest BCUT2D eigenvalue weighted by Crippen LogP contribution is 2.36. The predicted octanol–water partition coefficient (Wildman–Crippen LogP) is 3.56. The quantitative estimate of drug-likeness (QED) is 0.242. The number of nitrogens with zero attached hydrogens (tertiary/aromatic N) is 2. The Bertz CT molecular complexity index is 1690. The molecule has 16 heteroatoms. The van der Waals surface area contributed by atoms with Crippen LogP contribution in [0.1, 0.15) is 16.7 Å². The number of hydrogen-bond donors (Lipinski definition) is 3. The summed E-state index contributed by atoms with van der Waals surface area (Å²) in [4.78, 5) is 49.4. The molecule has 3 N–H and O–H groups in total. The molecule has 4 aromatic rings. The number of alkyl halides is 6. The molecule has 0 radical (unpaired) electrons. The van der Waals surface area contributed by atoms with Crippen LogP contribution in [-0.2, 0) is 28.9 Å². The Labute approximate surface area is 218 Å². The second kappa shape index (κ2) is 10.6. The molecule has 2 aromatic heterocycles. The average Bonchev–Trinajstić information content (AvgIpc) is 3.36. The van der Waals surface area contributed by atoms with Gasteiger partial charge in [0.1, 0.15) is 6.61 Å². The van der Waals surface area contributed by atoms with E-state index in [-0.39, 0.29) is 17.8 Å². The number of carbonyl (C=O) groups excluding carboxylic acids is 2. The summed E-state index contributed by atoms with van der Waals surface area (Å²) < 4.78 is 86.1. The minimum Gasteiger partial charge on any atom is -0.445 e. The molecule has 210 valence electrons. The van der Waals surface area contributed by atoms with Gasteiger partial charge in [-0.2, -0.15) is 26.3 Å². The van der Waals surface area contributed by atoms with E-state index in [1.54, 1.807) is 30.3 Å². The molecule has 0 bridgehead atoms. The van der Waals surface area contributed by atoms with Gasteiger partial charge >= 0.3 is 35.5 Å². The number of aromatic amines is 1. The lowest BCUT2D eigenvalue weighted by Gasteiger charge is -2.18. The van der Waals surface area contributed by atoms with Crippen LogP contribution in [-0.4, -0.2) is 32.4 Å². The Morgan fingerprint density at radius 3 is 2.30 bits per heavy atom. The number of hydrogen-bond acceptors (Lipinski definition) is 5. The van der Waals surface area contributed by atoms with Gasteiger partial charge in [-0.15, -0.1) is 0 Å². The molecule has 2 heterocycles. The predicted molar refractivity (Wildman–Crippen MR) is 127 cm³/mol. The largest absolute Gasteiger partial charge is 0.472 e. The molecule has 0 aliphatic carbocycles. The number of fused-ring (bicyclic) bond motifs is 1. The highest BCUT2D eigenvalue weighted by Gasteiger charge is 2.40. The van der Waals surface area contributed by atoms with Crippen LogP contribution in [0.5, 0.6) is 0 Å². The molecule has 2 amide bonds. The van der Waals surface area contributed by atoms with Gasteiger partial charge in [-0.1, -0.05) is 30.3 Å². The fraction of sp³-hybridized carbons (Fsp3) is 0.167. The molecule has 0 aliphatic heterocycles. The first-order valence-corrected chi connectivity index (χ1v) is 11.1. The Kier molecular flexibility index (Phi) is 7.44. The van der Waals surface area contributed by atoms with E-state index in [1.807, 2.05) is 4.98 Å². The van der Waals surface area contributed by atoms with Gasteiger partial charge in [0.15, 0.2) is 0 Å². The van der Waals surface area contributed by atoms with Crippen LogP contribution in [0.25, 0.3) is 16.7 Å². The van der Waals surface area contributed by atoms with Crippen molar-refractivity contribution in [1.82, 2.24) is 19.5 Å². The van der Waals surface area contributed by atoms with E-state index >= 15 is 0 Å². The number of H-pyrrole nitrogens is 1. The minimum atomic E-state index is -5.46. The van der Waals surface area contributed by atoms with Crippen LogP contribution < -0.4 is 21.9 Å². The summed E-state index contributed by atoms with van der Waals surface area (Å²) in [5.41, 5.74) is -4.28. The molecule has 0 aliphatic rings. The monoisotopic (exact) mass is 569 g/mol. The van der Waals surface area contributed by atoms with E-state index in [2.05, 4.69) is 5.32 Å². The standard InChI is InChI=1S/C24H17F6N5O5/c25-23(26,27)15-8-16-18(35(20(37)19(36)32-16)33-21(38)24(28,29)30)9-17(15)34-7-6-14(11-34)10-31-22(39)40-12-13-4-2-1-3-5-13/h1-9,11H,10,12H2,(H,31,39)(H,32,36)(H,33,38). The van der Waals surface area contributed by atoms with Crippen molar-refractivity contribution in [2.75, 3.05) is 5.43 Å². The maximum atomic E-state index is 13.9. The zero-order chi connectivity index (χ0) is 29.2. The number of alkyl carbamates (subject to hydrolysis) is 1. The number of rotatable bonds is 6. The maximum absolute atomic E-state index is 13.9. The molecule has 40 heavy (non-hydrogen) atoms. The van der Waals surface area contributed by atoms with E-state index in [1.165, 1.54) is 23.9 Å². The molecule has 0 saturated carbocycles. The van der Waals surface area contributed by atoms with Crippen molar-refractivity contribution in [3.05, 3.63) is 98.3 Å². The average molecular weight is 569 g/mol. The number of carbonyl (C=O) groups is 2. The van der Waals surface area contributed by atoms with E-state index in [0.29, 0.717) is 17.7 Å². The van der Waals surface area contributed by atoms with Crippen LogP contribution in [0.2, 0.25) is 0 Å². The molecule has 4 rings (SSSR count). The highest BCUT2D eigenvalue weighted by atomic mass is 19.4. The lowest BCUT2D eigenvalue weighted by Crippen LogP contribution is -2.46. The molecule has 10 nitrogen and oxygen atoms in total. The summed E-state index contributed by atoms with van der Waals surface area (Å²) in [6, 6.07) is 11.2. The zero-order valence-corrected chi connectivity index (χ0v) is 19.9. The highest BCUT2D eigenvalue weighted by molar-refractivity contribution is 5.90. The van der Waals surface area contributed by atoms with Crippen molar-refractivity contribution in [3.8, 4) is 5.69 Å². The summed E-state index contributed by atoms with van der Waals surface area (Å²) in [5, 5.41) is 2.43. The fourth-order valence-corrected chi connectivity index (χ4v) is 3.61. The first kappa shape index (κ1) is 28.0. The van der Waals surface area contributed by atoms with E-state index in [4.69, 9.17) is 4.74 Å². The van der Waals surface area contributed by atoms with Crippen LogP contribution in [0.3, 0.4) is 0 Å². The van der Waals surface area contributed by atoms with Crippen molar-refractivity contribution in [2.24, 2.45) is 0 Å². The lowest BCUT2D eigenvalue weighted by atomic mass is 10.1. The van der Waals surface area contributed by atoms with Gasteiger partial charge in [-0.3, -0.25) is 19.8 Å². The Balaban J connectivity index is 1.66. The van der Waals surface area contributed by atoms with Crippen LogP contribution in [0.4, 0.5) is 31.1 Å². The van der Waals surface area contributed by atoms with Gasteiger partial charge in [0, 0.05) is 18.9 Å². The number of nitrogens with one attached hydrogen (secondary N) is 3. The molecule has 0 unspecified atom stereocenters. The Morgan fingerprint density at radius 1 is 0.950 bits per heavy atom. The third kappa shape index (κ3) is 6.16. The van der Waals surface area contributed by atoms with Crippen molar-refractivity contribution in [2.45, 2.75) is 25.5 Å². The summed E-state index contributed by atoms with van der Waals surface area (Å²) in [5.74, 6) is -2.63. The van der Waals surface area contributed by atoms with E-state index in [0.717, 1.165) is 10.1 Å². The van der Waals surface area contributed by atoms with E-state index in [9.17, 15) is 45.5 Å². The molecule has 0 atom stereocenters. The van der Waals surface area contributed by atoms with Gasteiger partial charge in [0.25, 0.3) is 0 Å². The molecule has 0 saturated heterocycles.